The molecule has 1 amide bonds. The average molecular weight is 481 g/mol. The second-order valence-corrected chi connectivity index (χ2v) is 8.94. The molecule has 0 aliphatic carbocycles. The highest BCUT2D eigenvalue weighted by Gasteiger charge is 2.28. The Hall–Kier alpha value is -3.79. The number of para-hydroxylation sites is 1. The zero-order chi connectivity index (χ0) is 24.0. The van der Waals surface area contributed by atoms with Gasteiger partial charge in [0.1, 0.15) is 22.9 Å². The molecule has 0 atom stereocenters. The molecule has 10 heteroatoms. The molecule has 0 saturated carbocycles. The Bertz CT molecular complexity index is 1490. The van der Waals surface area contributed by atoms with E-state index in [2.05, 4.69) is 10.5 Å². The molecule has 5 rings (SSSR count). The number of nitrogens with one attached hydrogen (secondary N) is 1. The quantitative estimate of drug-likeness (QED) is 0.471. The van der Waals surface area contributed by atoms with Crippen molar-refractivity contribution < 1.29 is 18.4 Å². The summed E-state index contributed by atoms with van der Waals surface area (Å²) >= 11 is 1.64. The van der Waals surface area contributed by atoms with Crippen molar-refractivity contribution in [1.82, 2.24) is 14.5 Å². The van der Waals surface area contributed by atoms with Crippen LogP contribution in [0.15, 0.2) is 56.7 Å². The Morgan fingerprint density at radius 2 is 2.06 bits per heavy atom. The number of amides is 1. The summed E-state index contributed by atoms with van der Waals surface area (Å²) in [5, 5.41) is 6.71. The third kappa shape index (κ3) is 3.50. The number of hydrogen-bond donors (Lipinski definition) is 1. The lowest BCUT2D eigenvalue weighted by molar-refractivity contribution is 0.101. The van der Waals surface area contributed by atoms with E-state index in [0.717, 1.165) is 22.0 Å². The molecule has 1 aliphatic rings. The molecule has 2 aromatic carbocycles. The van der Waals surface area contributed by atoms with Crippen molar-refractivity contribution in [2.24, 2.45) is 7.05 Å². The summed E-state index contributed by atoms with van der Waals surface area (Å²) in [5.74, 6) is 0.884. The van der Waals surface area contributed by atoms with Crippen LogP contribution >= 0.6 is 11.8 Å². The molecule has 4 aromatic rings. The molecule has 34 heavy (non-hydrogen) atoms. The molecule has 0 saturated heterocycles. The highest BCUT2D eigenvalue weighted by atomic mass is 32.2. The van der Waals surface area contributed by atoms with Crippen LogP contribution in [0.2, 0.25) is 0 Å². The molecule has 1 aliphatic heterocycles. The Morgan fingerprint density at radius 1 is 1.26 bits per heavy atom. The van der Waals surface area contributed by atoms with E-state index in [1.165, 1.54) is 21.5 Å². The van der Waals surface area contributed by atoms with Crippen molar-refractivity contribution in [2.75, 3.05) is 18.2 Å². The minimum Gasteiger partial charge on any atom is -0.497 e. The number of aromatic nitrogens is 3. The lowest BCUT2D eigenvalue weighted by atomic mass is 10.0. The molecular weight excluding hydrogens is 459 g/mol. The van der Waals surface area contributed by atoms with Crippen LogP contribution in [0.25, 0.3) is 17.0 Å². The number of halogens is 1. The second-order valence-electron chi connectivity index (χ2n) is 7.81. The number of anilines is 1. The van der Waals surface area contributed by atoms with Gasteiger partial charge in [0.15, 0.2) is 11.5 Å². The number of rotatable bonds is 4. The standard InChI is InChI=1S/C24H21FN4O4S/c1-13-20(24(31)29(28(13)2)18-7-5-4-6-17(18)25)26-23(30)21-16-10-11-34-19-12-14(32-3)8-9-15(19)22(16)33-27-21/h4-9,12H,10-11H2,1-3H3,(H,26,30). The van der Waals surface area contributed by atoms with Crippen molar-refractivity contribution >= 4 is 23.4 Å². The van der Waals surface area contributed by atoms with Crippen LogP contribution in [-0.4, -0.2) is 33.3 Å². The van der Waals surface area contributed by atoms with Crippen LogP contribution in [-0.2, 0) is 13.5 Å². The van der Waals surface area contributed by atoms with E-state index in [9.17, 15) is 14.0 Å². The van der Waals surface area contributed by atoms with Crippen LogP contribution in [0.4, 0.5) is 10.1 Å². The van der Waals surface area contributed by atoms with E-state index in [0.29, 0.717) is 23.4 Å². The summed E-state index contributed by atoms with van der Waals surface area (Å²) in [6.07, 6.45) is 0.566. The monoisotopic (exact) mass is 480 g/mol. The highest BCUT2D eigenvalue weighted by Crippen LogP contribution is 2.40. The Morgan fingerprint density at radius 3 is 2.82 bits per heavy atom. The molecule has 174 valence electrons. The van der Waals surface area contributed by atoms with Crippen molar-refractivity contribution in [3.63, 3.8) is 0 Å². The molecule has 2 aromatic heterocycles. The number of fused-ring (bicyclic) bond motifs is 3. The van der Waals surface area contributed by atoms with Gasteiger partial charge in [-0.1, -0.05) is 17.3 Å². The van der Waals surface area contributed by atoms with Gasteiger partial charge in [-0.3, -0.25) is 14.3 Å². The van der Waals surface area contributed by atoms with Gasteiger partial charge in [0.05, 0.1) is 12.8 Å². The number of carbonyl (C=O) groups is 1. The predicted octanol–water partition coefficient (Wildman–Crippen LogP) is 4.19. The van der Waals surface area contributed by atoms with E-state index in [4.69, 9.17) is 9.26 Å². The molecule has 8 nitrogen and oxygen atoms in total. The molecule has 3 heterocycles. The summed E-state index contributed by atoms with van der Waals surface area (Å²) in [7, 11) is 3.24. The topological polar surface area (TPSA) is 91.3 Å². The van der Waals surface area contributed by atoms with Gasteiger partial charge in [-0.15, -0.1) is 11.8 Å². The van der Waals surface area contributed by atoms with E-state index in [1.54, 1.807) is 45.0 Å². The smallest absolute Gasteiger partial charge is 0.295 e. The maximum atomic E-state index is 14.4. The summed E-state index contributed by atoms with van der Waals surface area (Å²) < 4.78 is 28.0. The first kappa shape index (κ1) is 22.0. The van der Waals surface area contributed by atoms with Crippen molar-refractivity contribution in [1.29, 1.82) is 0 Å². The van der Waals surface area contributed by atoms with E-state index in [1.807, 2.05) is 18.2 Å². The van der Waals surface area contributed by atoms with Crippen molar-refractivity contribution in [2.45, 2.75) is 18.2 Å². The predicted molar refractivity (Wildman–Crippen MR) is 127 cm³/mol. The van der Waals surface area contributed by atoms with Crippen LogP contribution in [0.5, 0.6) is 5.75 Å². The Labute approximate surface area is 198 Å². The fraction of sp³-hybridized carbons (Fsp3) is 0.208. The lowest BCUT2D eigenvalue weighted by Gasteiger charge is -2.08. The molecule has 0 radical (unpaired) electrons. The fourth-order valence-corrected chi connectivity index (χ4v) is 5.09. The minimum absolute atomic E-state index is 0.0561. The maximum absolute atomic E-state index is 14.4. The Balaban J connectivity index is 1.52. The average Bonchev–Trinajstić information content (AvgIpc) is 3.27. The van der Waals surface area contributed by atoms with E-state index >= 15 is 0 Å². The first-order valence-electron chi connectivity index (χ1n) is 10.5. The Kier molecular flexibility index (Phi) is 5.52. The number of ether oxygens (including phenoxy) is 1. The zero-order valence-electron chi connectivity index (χ0n) is 18.7. The van der Waals surface area contributed by atoms with Gasteiger partial charge >= 0.3 is 0 Å². The van der Waals surface area contributed by atoms with Gasteiger partial charge in [0.25, 0.3) is 11.5 Å². The SMILES string of the molecule is COc1ccc2c(c1)SCCc1c(C(=O)Nc3c(C)n(C)n(-c4ccccc4F)c3=O)noc1-2. The van der Waals surface area contributed by atoms with Crippen LogP contribution < -0.4 is 15.6 Å². The number of thioether (sulfide) groups is 1. The third-order valence-corrected chi connectivity index (χ3v) is 6.98. The first-order valence-corrected chi connectivity index (χ1v) is 11.5. The zero-order valence-corrected chi connectivity index (χ0v) is 19.5. The third-order valence-electron chi connectivity index (χ3n) is 5.92. The van der Waals surface area contributed by atoms with E-state index in [-0.39, 0.29) is 17.1 Å². The van der Waals surface area contributed by atoms with Gasteiger partial charge < -0.3 is 14.6 Å². The number of carbonyl (C=O) groups excluding carboxylic acids is 1. The highest BCUT2D eigenvalue weighted by molar-refractivity contribution is 7.99. The minimum atomic E-state index is -0.557. The fourth-order valence-electron chi connectivity index (χ4n) is 4.05. The van der Waals surface area contributed by atoms with Crippen molar-refractivity contribution in [3.05, 3.63) is 75.6 Å². The van der Waals surface area contributed by atoms with E-state index < -0.39 is 17.3 Å². The maximum Gasteiger partial charge on any atom is 0.295 e. The van der Waals surface area contributed by atoms with Crippen LogP contribution in [0, 0.1) is 12.7 Å². The second kappa shape index (κ2) is 8.53. The first-order chi connectivity index (χ1) is 16.4. The van der Waals surface area contributed by atoms with Gasteiger partial charge in [-0.25, -0.2) is 9.07 Å². The molecule has 0 spiro atoms. The summed E-state index contributed by atoms with van der Waals surface area (Å²) in [5.41, 5.74) is 1.72. The molecule has 1 N–H and O–H groups in total. The van der Waals surface area contributed by atoms with Crippen LogP contribution in [0.3, 0.4) is 0 Å². The molecule has 0 bridgehead atoms. The molecule has 0 unspecified atom stereocenters. The molecule has 0 fully saturated rings. The van der Waals surface area contributed by atoms with Gasteiger partial charge in [-0.05, 0) is 43.7 Å². The van der Waals surface area contributed by atoms with Crippen LogP contribution in [0.1, 0.15) is 21.7 Å². The number of benzene rings is 2. The summed E-state index contributed by atoms with van der Waals surface area (Å²) in [4.78, 5) is 27.3. The number of methoxy groups -OCH3 is 1. The van der Waals surface area contributed by atoms with Crippen molar-refractivity contribution in [3.8, 4) is 22.8 Å². The van der Waals surface area contributed by atoms with Gasteiger partial charge in [-0.2, -0.15) is 0 Å². The van der Waals surface area contributed by atoms with Gasteiger partial charge in [0.2, 0.25) is 0 Å². The number of nitrogens with zero attached hydrogens (tertiary/aromatic N) is 3. The van der Waals surface area contributed by atoms with Gasteiger partial charge in [0, 0.05) is 28.8 Å². The largest absolute Gasteiger partial charge is 0.497 e. The summed E-state index contributed by atoms with van der Waals surface area (Å²) in [6, 6.07) is 11.6. The normalized spacial score (nSPS) is 12.6. The summed E-state index contributed by atoms with van der Waals surface area (Å²) in [6.45, 7) is 1.68. The number of hydrogen-bond acceptors (Lipinski definition) is 6. The lowest BCUT2D eigenvalue weighted by Crippen LogP contribution is -2.24. The molecular formula is C24H21FN4O4S.